The Morgan fingerprint density at radius 1 is 1.22 bits per heavy atom. The Balaban J connectivity index is 2.16. The largest absolute Gasteiger partial charge is 0.338 e. The van der Waals surface area contributed by atoms with Crippen LogP contribution in [0.4, 0.5) is 0 Å². The minimum Gasteiger partial charge on any atom is -0.338 e. The summed E-state index contributed by atoms with van der Waals surface area (Å²) in [5.74, 6) is 1.22. The molecule has 0 amide bonds. The van der Waals surface area contributed by atoms with Gasteiger partial charge in [-0.2, -0.15) is 4.98 Å². The first-order chi connectivity index (χ1) is 8.58. The molecule has 0 radical (unpaired) electrons. The summed E-state index contributed by atoms with van der Waals surface area (Å²) in [5.41, 5.74) is 9.55. The number of nitrogens with two attached hydrogens (primary N) is 1. The maximum absolute atomic E-state index is 5.85. The summed E-state index contributed by atoms with van der Waals surface area (Å²) in [6, 6.07) is 6.27. The Bertz CT molecular complexity index is 513. The first-order valence-corrected chi connectivity index (χ1v) is 6.23. The fraction of sp³-hybridized carbons (Fsp3) is 0.429. The van der Waals surface area contributed by atoms with Gasteiger partial charge in [0.25, 0.3) is 0 Å². The van der Waals surface area contributed by atoms with Crippen molar-refractivity contribution in [1.29, 1.82) is 0 Å². The van der Waals surface area contributed by atoms with E-state index in [-0.39, 0.29) is 6.04 Å². The van der Waals surface area contributed by atoms with Crippen LogP contribution in [0.15, 0.2) is 22.7 Å². The zero-order valence-corrected chi connectivity index (χ0v) is 11.1. The highest BCUT2D eigenvalue weighted by molar-refractivity contribution is 5.30. The lowest BCUT2D eigenvalue weighted by molar-refractivity contribution is 0.348. The van der Waals surface area contributed by atoms with Gasteiger partial charge < -0.3 is 10.3 Å². The minimum atomic E-state index is -0.162. The van der Waals surface area contributed by atoms with Crippen molar-refractivity contribution in [3.05, 3.63) is 46.6 Å². The Labute approximate surface area is 107 Å². The summed E-state index contributed by atoms with van der Waals surface area (Å²) >= 11 is 0. The summed E-state index contributed by atoms with van der Waals surface area (Å²) in [7, 11) is 0. The highest BCUT2D eigenvalue weighted by Crippen LogP contribution is 2.15. The molecule has 18 heavy (non-hydrogen) atoms. The van der Waals surface area contributed by atoms with E-state index >= 15 is 0 Å². The van der Waals surface area contributed by atoms with Crippen LogP contribution in [0.25, 0.3) is 0 Å². The summed E-state index contributed by atoms with van der Waals surface area (Å²) in [6.45, 7) is 6.18. The van der Waals surface area contributed by atoms with E-state index in [4.69, 9.17) is 10.3 Å². The molecule has 1 aromatic heterocycles. The second-order valence-electron chi connectivity index (χ2n) is 4.74. The van der Waals surface area contributed by atoms with Gasteiger partial charge in [0.2, 0.25) is 5.89 Å². The molecule has 0 unspecified atom stereocenters. The molecule has 0 saturated heterocycles. The normalized spacial score (nSPS) is 12.7. The van der Waals surface area contributed by atoms with Crippen molar-refractivity contribution in [1.82, 2.24) is 10.1 Å². The van der Waals surface area contributed by atoms with Gasteiger partial charge in [0, 0.05) is 6.42 Å². The molecule has 0 aliphatic heterocycles. The van der Waals surface area contributed by atoms with Crippen LogP contribution < -0.4 is 5.73 Å². The van der Waals surface area contributed by atoms with Crippen molar-refractivity contribution in [2.75, 3.05) is 0 Å². The summed E-state index contributed by atoms with van der Waals surface area (Å²) in [5, 5.41) is 3.97. The molecule has 0 spiro atoms. The third kappa shape index (κ3) is 2.96. The number of aryl methyl sites for hydroxylation is 2. The Morgan fingerprint density at radius 2 is 1.89 bits per heavy atom. The number of hydrogen-bond acceptors (Lipinski definition) is 4. The van der Waals surface area contributed by atoms with Gasteiger partial charge in [-0.1, -0.05) is 41.4 Å². The van der Waals surface area contributed by atoms with E-state index in [1.54, 1.807) is 0 Å². The Hall–Kier alpha value is -1.68. The van der Waals surface area contributed by atoms with Crippen LogP contribution in [0.5, 0.6) is 0 Å². The van der Waals surface area contributed by atoms with Crippen molar-refractivity contribution >= 4 is 0 Å². The number of nitrogens with zero attached hydrogens (tertiary/aromatic N) is 2. The van der Waals surface area contributed by atoms with Crippen LogP contribution >= 0.6 is 0 Å². The van der Waals surface area contributed by atoms with Crippen LogP contribution in [0.2, 0.25) is 0 Å². The van der Waals surface area contributed by atoms with Crippen molar-refractivity contribution in [2.24, 2.45) is 5.73 Å². The fourth-order valence-corrected chi connectivity index (χ4v) is 2.02. The number of aromatic nitrogens is 2. The van der Waals surface area contributed by atoms with E-state index in [0.29, 0.717) is 18.1 Å². The molecule has 0 fully saturated rings. The van der Waals surface area contributed by atoms with Crippen molar-refractivity contribution in [3.63, 3.8) is 0 Å². The predicted molar refractivity (Wildman–Crippen MR) is 70.2 cm³/mol. The van der Waals surface area contributed by atoms with Crippen LogP contribution in [0.3, 0.4) is 0 Å². The first kappa shape index (κ1) is 12.8. The summed E-state index contributed by atoms with van der Waals surface area (Å²) < 4.78 is 5.16. The van der Waals surface area contributed by atoms with Gasteiger partial charge in [-0.05, 0) is 25.8 Å². The Morgan fingerprint density at radius 3 is 2.50 bits per heavy atom. The van der Waals surface area contributed by atoms with Crippen LogP contribution in [0, 0.1) is 13.8 Å². The second kappa shape index (κ2) is 5.31. The molecule has 1 aromatic carbocycles. The third-order valence-corrected chi connectivity index (χ3v) is 2.88. The van der Waals surface area contributed by atoms with Crippen LogP contribution in [-0.4, -0.2) is 10.1 Å². The van der Waals surface area contributed by atoms with E-state index in [9.17, 15) is 0 Å². The molecule has 0 aliphatic rings. The highest BCUT2D eigenvalue weighted by Gasteiger charge is 2.13. The van der Waals surface area contributed by atoms with Crippen molar-refractivity contribution in [3.8, 4) is 0 Å². The fourth-order valence-electron chi connectivity index (χ4n) is 2.02. The lowest BCUT2D eigenvalue weighted by Gasteiger charge is -2.02. The van der Waals surface area contributed by atoms with Gasteiger partial charge in [0.15, 0.2) is 5.82 Å². The molecule has 1 heterocycles. The second-order valence-corrected chi connectivity index (χ2v) is 4.74. The number of rotatable bonds is 4. The molecular weight excluding hydrogens is 226 g/mol. The number of hydrogen-bond donors (Lipinski definition) is 1. The molecule has 0 saturated carbocycles. The van der Waals surface area contributed by atoms with E-state index < -0.39 is 0 Å². The molecule has 0 bridgehead atoms. The molecule has 4 heteroatoms. The quantitative estimate of drug-likeness (QED) is 0.899. The van der Waals surface area contributed by atoms with Crippen molar-refractivity contribution < 1.29 is 4.52 Å². The third-order valence-electron chi connectivity index (χ3n) is 2.88. The van der Waals surface area contributed by atoms with Crippen LogP contribution in [0.1, 0.15) is 47.8 Å². The zero-order valence-electron chi connectivity index (χ0n) is 11.1. The first-order valence-electron chi connectivity index (χ1n) is 6.23. The number of benzene rings is 1. The van der Waals surface area contributed by atoms with Gasteiger partial charge in [-0.25, -0.2) is 0 Å². The Kier molecular flexibility index (Phi) is 3.77. The summed E-state index contributed by atoms with van der Waals surface area (Å²) in [6.07, 6.45) is 1.48. The van der Waals surface area contributed by atoms with Crippen molar-refractivity contribution in [2.45, 2.75) is 39.7 Å². The van der Waals surface area contributed by atoms with E-state index in [2.05, 4.69) is 42.2 Å². The average Bonchev–Trinajstić information content (AvgIpc) is 2.75. The lowest BCUT2D eigenvalue weighted by atomic mass is 10.1. The lowest BCUT2D eigenvalue weighted by Crippen LogP contribution is -2.08. The maximum atomic E-state index is 5.85. The monoisotopic (exact) mass is 245 g/mol. The van der Waals surface area contributed by atoms with Gasteiger partial charge in [0.05, 0.1) is 6.04 Å². The van der Waals surface area contributed by atoms with Crippen LogP contribution in [-0.2, 0) is 6.42 Å². The SMILES string of the molecule is CC[C@@H](N)c1nc(Cc2cc(C)cc(C)c2)no1. The smallest absolute Gasteiger partial charge is 0.243 e. The molecule has 2 N–H and O–H groups in total. The molecule has 1 atom stereocenters. The molecule has 2 rings (SSSR count). The maximum Gasteiger partial charge on any atom is 0.243 e. The highest BCUT2D eigenvalue weighted by atomic mass is 16.5. The summed E-state index contributed by atoms with van der Waals surface area (Å²) in [4.78, 5) is 4.33. The molecule has 0 aliphatic carbocycles. The zero-order chi connectivity index (χ0) is 13.1. The van der Waals surface area contributed by atoms with E-state index in [0.717, 1.165) is 6.42 Å². The molecular formula is C14H19N3O. The standard InChI is InChI=1S/C14H19N3O/c1-4-12(15)14-16-13(17-18-14)8-11-6-9(2)5-10(3)7-11/h5-7,12H,4,8,15H2,1-3H3/t12-/m1/s1. The predicted octanol–water partition coefficient (Wildman–Crippen LogP) is 2.69. The van der Waals surface area contributed by atoms with E-state index in [1.165, 1.54) is 16.7 Å². The molecule has 4 nitrogen and oxygen atoms in total. The molecule has 2 aromatic rings. The minimum absolute atomic E-state index is 0.162. The van der Waals surface area contributed by atoms with E-state index in [1.807, 2.05) is 6.92 Å². The molecule has 96 valence electrons. The topological polar surface area (TPSA) is 64.9 Å². The van der Waals surface area contributed by atoms with Gasteiger partial charge >= 0.3 is 0 Å². The average molecular weight is 245 g/mol. The van der Waals surface area contributed by atoms with Gasteiger partial charge in [-0.3, -0.25) is 0 Å². The van der Waals surface area contributed by atoms with Gasteiger partial charge in [0.1, 0.15) is 0 Å². The van der Waals surface area contributed by atoms with Gasteiger partial charge in [-0.15, -0.1) is 0 Å².